The van der Waals surface area contributed by atoms with Gasteiger partial charge in [0.2, 0.25) is 0 Å². The summed E-state index contributed by atoms with van der Waals surface area (Å²) < 4.78 is 5.61. The van der Waals surface area contributed by atoms with Crippen LogP contribution in [-0.4, -0.2) is 18.0 Å². The molecular formula is C22H19Cl2N3O3. The summed E-state index contributed by atoms with van der Waals surface area (Å²) in [6.07, 6.45) is 1.60. The van der Waals surface area contributed by atoms with Crippen molar-refractivity contribution in [3.05, 3.63) is 81.2 Å². The van der Waals surface area contributed by atoms with Gasteiger partial charge in [-0.3, -0.25) is 14.6 Å². The molecule has 2 aromatic carbocycles. The quantitative estimate of drug-likeness (QED) is 0.419. The second kappa shape index (κ2) is 9.61. The van der Waals surface area contributed by atoms with Crippen LogP contribution in [0.1, 0.15) is 22.6 Å². The Morgan fingerprint density at radius 2 is 1.70 bits per heavy atom. The minimum Gasteiger partial charge on any atom is -0.458 e. The lowest BCUT2D eigenvalue weighted by Gasteiger charge is -2.06. The number of nitrogens with one attached hydrogen (secondary N) is 2. The van der Waals surface area contributed by atoms with E-state index in [1.165, 1.54) is 23.8 Å². The van der Waals surface area contributed by atoms with Crippen molar-refractivity contribution >= 4 is 52.6 Å². The molecule has 1 aromatic heterocycles. The Morgan fingerprint density at radius 1 is 0.967 bits per heavy atom. The van der Waals surface area contributed by atoms with Gasteiger partial charge < -0.3 is 15.1 Å². The standard InChI is InChI=1S/C22H19Cl2N3O3/c1-13-3-4-17(7-14(13)2)25-11-19-5-6-20(30-19)12-26-21(28)22(29)27-18-9-15(23)8-16(24)10-18/h3-11H,12H2,1-2H3,(H,26,28)(H,27,29). The lowest BCUT2D eigenvalue weighted by atomic mass is 10.1. The van der Waals surface area contributed by atoms with Crippen molar-refractivity contribution < 1.29 is 14.0 Å². The number of aliphatic imine (C=N–C) groups is 1. The molecule has 0 radical (unpaired) electrons. The van der Waals surface area contributed by atoms with E-state index >= 15 is 0 Å². The Morgan fingerprint density at radius 3 is 2.40 bits per heavy atom. The lowest BCUT2D eigenvalue weighted by Crippen LogP contribution is -2.34. The third kappa shape index (κ3) is 5.95. The Hall–Kier alpha value is -3.09. The van der Waals surface area contributed by atoms with E-state index in [4.69, 9.17) is 27.6 Å². The first-order chi connectivity index (χ1) is 14.3. The summed E-state index contributed by atoms with van der Waals surface area (Å²) in [6.45, 7) is 4.12. The fourth-order valence-electron chi connectivity index (χ4n) is 2.56. The van der Waals surface area contributed by atoms with E-state index in [0.29, 0.717) is 27.3 Å². The fourth-order valence-corrected chi connectivity index (χ4v) is 3.09. The van der Waals surface area contributed by atoms with E-state index in [9.17, 15) is 9.59 Å². The zero-order valence-corrected chi connectivity index (χ0v) is 17.8. The SMILES string of the molecule is Cc1ccc(N=Cc2ccc(CNC(=O)C(=O)Nc3cc(Cl)cc(Cl)c3)o2)cc1C. The molecule has 3 aromatic rings. The molecule has 0 aliphatic carbocycles. The van der Waals surface area contributed by atoms with Crippen LogP contribution in [0.2, 0.25) is 10.0 Å². The van der Waals surface area contributed by atoms with Crippen LogP contribution in [0.25, 0.3) is 0 Å². The highest BCUT2D eigenvalue weighted by molar-refractivity contribution is 6.40. The molecule has 6 nitrogen and oxygen atoms in total. The number of hydrogen-bond acceptors (Lipinski definition) is 4. The van der Waals surface area contributed by atoms with E-state index in [2.05, 4.69) is 15.6 Å². The van der Waals surface area contributed by atoms with E-state index in [1.807, 2.05) is 32.0 Å². The van der Waals surface area contributed by atoms with E-state index in [-0.39, 0.29) is 6.54 Å². The number of hydrogen-bond donors (Lipinski definition) is 2. The van der Waals surface area contributed by atoms with Crippen LogP contribution >= 0.6 is 23.2 Å². The van der Waals surface area contributed by atoms with Crippen LogP contribution < -0.4 is 10.6 Å². The number of carbonyl (C=O) groups is 2. The van der Waals surface area contributed by atoms with Crippen molar-refractivity contribution in [1.29, 1.82) is 0 Å². The summed E-state index contributed by atoms with van der Waals surface area (Å²) in [4.78, 5) is 28.4. The molecule has 2 amide bonds. The third-order valence-electron chi connectivity index (χ3n) is 4.26. The summed E-state index contributed by atoms with van der Waals surface area (Å²) in [7, 11) is 0. The zero-order chi connectivity index (χ0) is 21.7. The molecule has 0 spiro atoms. The number of carbonyl (C=O) groups excluding carboxylic acids is 2. The normalized spacial score (nSPS) is 10.9. The number of benzene rings is 2. The first-order valence-electron chi connectivity index (χ1n) is 9.05. The second-order valence-electron chi connectivity index (χ2n) is 6.63. The zero-order valence-electron chi connectivity index (χ0n) is 16.3. The topological polar surface area (TPSA) is 83.7 Å². The number of halogens is 2. The van der Waals surface area contributed by atoms with Crippen molar-refractivity contribution in [3.63, 3.8) is 0 Å². The highest BCUT2D eigenvalue weighted by Gasteiger charge is 2.14. The predicted molar refractivity (Wildman–Crippen MR) is 119 cm³/mol. The van der Waals surface area contributed by atoms with Crippen LogP contribution in [0.5, 0.6) is 0 Å². The van der Waals surface area contributed by atoms with Gasteiger partial charge in [-0.15, -0.1) is 0 Å². The number of aryl methyl sites for hydroxylation is 2. The van der Waals surface area contributed by atoms with Gasteiger partial charge in [-0.05, 0) is 67.4 Å². The van der Waals surface area contributed by atoms with E-state index < -0.39 is 11.8 Å². The molecule has 2 N–H and O–H groups in total. The van der Waals surface area contributed by atoms with Gasteiger partial charge in [-0.2, -0.15) is 0 Å². The Kier molecular flexibility index (Phi) is 6.92. The molecule has 0 saturated heterocycles. The molecule has 0 saturated carbocycles. The third-order valence-corrected chi connectivity index (χ3v) is 4.70. The van der Waals surface area contributed by atoms with Crippen LogP contribution in [-0.2, 0) is 16.1 Å². The van der Waals surface area contributed by atoms with Gasteiger partial charge in [-0.1, -0.05) is 29.3 Å². The predicted octanol–water partition coefficient (Wildman–Crippen LogP) is 5.21. The molecule has 0 unspecified atom stereocenters. The molecule has 0 aliphatic heterocycles. The number of furan rings is 1. The highest BCUT2D eigenvalue weighted by Crippen LogP contribution is 2.22. The largest absolute Gasteiger partial charge is 0.458 e. The maximum Gasteiger partial charge on any atom is 0.313 e. The second-order valence-corrected chi connectivity index (χ2v) is 7.50. The number of nitrogens with zero attached hydrogens (tertiary/aromatic N) is 1. The Bertz CT molecular complexity index is 1100. The average Bonchev–Trinajstić information content (AvgIpc) is 3.14. The monoisotopic (exact) mass is 443 g/mol. The first-order valence-corrected chi connectivity index (χ1v) is 9.81. The average molecular weight is 444 g/mol. The molecule has 1 heterocycles. The van der Waals surface area contributed by atoms with Gasteiger partial charge in [0.05, 0.1) is 18.4 Å². The maximum atomic E-state index is 12.0. The summed E-state index contributed by atoms with van der Waals surface area (Å²) in [5, 5.41) is 5.64. The summed E-state index contributed by atoms with van der Waals surface area (Å²) >= 11 is 11.8. The molecule has 154 valence electrons. The minimum atomic E-state index is -0.837. The maximum absolute atomic E-state index is 12.0. The van der Waals surface area contributed by atoms with Crippen molar-refractivity contribution in [3.8, 4) is 0 Å². The van der Waals surface area contributed by atoms with Gasteiger partial charge in [-0.25, -0.2) is 0 Å². The Balaban J connectivity index is 1.54. The molecule has 0 fully saturated rings. The molecular weight excluding hydrogens is 425 g/mol. The van der Waals surface area contributed by atoms with Crippen LogP contribution in [0.3, 0.4) is 0 Å². The molecule has 3 rings (SSSR count). The van der Waals surface area contributed by atoms with E-state index in [0.717, 1.165) is 11.3 Å². The van der Waals surface area contributed by atoms with Crippen molar-refractivity contribution in [1.82, 2.24) is 5.32 Å². The number of rotatable bonds is 5. The van der Waals surface area contributed by atoms with Gasteiger partial charge in [0.15, 0.2) is 0 Å². The minimum absolute atomic E-state index is 0.0556. The van der Waals surface area contributed by atoms with Crippen LogP contribution in [0.4, 0.5) is 11.4 Å². The van der Waals surface area contributed by atoms with Gasteiger partial charge in [0.1, 0.15) is 11.5 Å². The molecule has 0 atom stereocenters. The van der Waals surface area contributed by atoms with Gasteiger partial charge in [0, 0.05) is 15.7 Å². The molecule has 30 heavy (non-hydrogen) atoms. The summed E-state index contributed by atoms with van der Waals surface area (Å²) in [5.74, 6) is -0.622. The number of amides is 2. The summed E-state index contributed by atoms with van der Waals surface area (Å²) in [5.41, 5.74) is 3.51. The van der Waals surface area contributed by atoms with Crippen LogP contribution in [0, 0.1) is 13.8 Å². The fraction of sp³-hybridized carbons (Fsp3) is 0.136. The van der Waals surface area contributed by atoms with Gasteiger partial charge in [0.25, 0.3) is 0 Å². The van der Waals surface area contributed by atoms with E-state index in [1.54, 1.807) is 18.3 Å². The van der Waals surface area contributed by atoms with Crippen molar-refractivity contribution in [2.45, 2.75) is 20.4 Å². The summed E-state index contributed by atoms with van der Waals surface area (Å²) in [6, 6.07) is 13.9. The van der Waals surface area contributed by atoms with Crippen molar-refractivity contribution in [2.75, 3.05) is 5.32 Å². The van der Waals surface area contributed by atoms with Gasteiger partial charge >= 0.3 is 11.8 Å². The molecule has 8 heteroatoms. The molecule has 0 bridgehead atoms. The smallest absolute Gasteiger partial charge is 0.313 e. The van der Waals surface area contributed by atoms with Crippen LogP contribution in [0.15, 0.2) is 57.9 Å². The highest BCUT2D eigenvalue weighted by atomic mass is 35.5. The first kappa shape index (κ1) is 21.6. The Labute approximate surface area is 183 Å². The van der Waals surface area contributed by atoms with Crippen molar-refractivity contribution in [2.24, 2.45) is 4.99 Å². The molecule has 0 aliphatic rings. The lowest BCUT2D eigenvalue weighted by molar-refractivity contribution is -0.136. The number of anilines is 1.